The second kappa shape index (κ2) is 5.77. The number of halogens is 1. The summed E-state index contributed by atoms with van der Waals surface area (Å²) < 4.78 is 14.2. The van der Waals surface area contributed by atoms with Crippen LogP contribution in [0.25, 0.3) is 11.2 Å². The standard InChI is InChI=1S/C16H14FN7/c17-12-7-11(8-18)1-2-13(12)23-3-5-24(6-4-23)16-14-15(20-9-19-14)21-10-22-16/h1-2,7,9-10H,3-6H2,(H,19,20,21,22). The summed E-state index contributed by atoms with van der Waals surface area (Å²) in [4.78, 5) is 19.8. The zero-order valence-electron chi connectivity index (χ0n) is 12.8. The van der Waals surface area contributed by atoms with Gasteiger partial charge in [0.2, 0.25) is 0 Å². The van der Waals surface area contributed by atoms with Gasteiger partial charge in [0.05, 0.1) is 23.6 Å². The largest absolute Gasteiger partial charge is 0.366 e. The van der Waals surface area contributed by atoms with Crippen molar-refractivity contribution in [1.82, 2.24) is 19.9 Å². The minimum Gasteiger partial charge on any atom is -0.366 e. The molecule has 0 saturated carbocycles. The summed E-state index contributed by atoms with van der Waals surface area (Å²) in [5.74, 6) is 0.456. The van der Waals surface area contributed by atoms with Gasteiger partial charge in [0.15, 0.2) is 11.5 Å². The number of anilines is 2. The monoisotopic (exact) mass is 323 g/mol. The Bertz CT molecular complexity index is 922. The van der Waals surface area contributed by atoms with E-state index in [4.69, 9.17) is 5.26 Å². The molecule has 0 bridgehead atoms. The first kappa shape index (κ1) is 14.4. The van der Waals surface area contributed by atoms with Crippen molar-refractivity contribution in [2.24, 2.45) is 0 Å². The Hall–Kier alpha value is -3.21. The maximum Gasteiger partial charge on any atom is 0.182 e. The van der Waals surface area contributed by atoms with Crippen molar-refractivity contribution >= 4 is 22.7 Å². The summed E-state index contributed by atoms with van der Waals surface area (Å²) in [6.07, 6.45) is 3.11. The number of hydrogen-bond acceptors (Lipinski definition) is 6. The van der Waals surface area contributed by atoms with Gasteiger partial charge >= 0.3 is 0 Å². The normalized spacial score (nSPS) is 14.8. The molecule has 0 amide bonds. The van der Waals surface area contributed by atoms with Crippen LogP contribution < -0.4 is 9.80 Å². The maximum atomic E-state index is 14.2. The average Bonchev–Trinajstić information content (AvgIpc) is 3.10. The molecule has 0 atom stereocenters. The number of aromatic nitrogens is 4. The van der Waals surface area contributed by atoms with Crippen molar-refractivity contribution in [3.05, 3.63) is 42.2 Å². The van der Waals surface area contributed by atoms with E-state index in [0.29, 0.717) is 43.1 Å². The Morgan fingerprint density at radius 1 is 1.08 bits per heavy atom. The number of benzene rings is 1. The molecule has 1 N–H and O–H groups in total. The zero-order chi connectivity index (χ0) is 16.5. The Kier molecular flexibility index (Phi) is 3.46. The van der Waals surface area contributed by atoms with Gasteiger partial charge in [0, 0.05) is 26.2 Å². The molecular formula is C16H14FN7. The summed E-state index contributed by atoms with van der Waals surface area (Å²) in [6.45, 7) is 2.76. The molecule has 1 aliphatic heterocycles. The molecule has 0 unspecified atom stereocenters. The third kappa shape index (κ3) is 2.40. The van der Waals surface area contributed by atoms with Gasteiger partial charge in [-0.05, 0) is 18.2 Å². The topological polar surface area (TPSA) is 84.7 Å². The Morgan fingerprint density at radius 3 is 2.62 bits per heavy atom. The van der Waals surface area contributed by atoms with Crippen LogP contribution in [0.15, 0.2) is 30.9 Å². The molecule has 120 valence electrons. The summed E-state index contributed by atoms with van der Waals surface area (Å²) in [7, 11) is 0. The number of nitriles is 1. The van der Waals surface area contributed by atoms with Gasteiger partial charge in [0.25, 0.3) is 0 Å². The van der Waals surface area contributed by atoms with Crippen LogP contribution in [0.1, 0.15) is 5.56 Å². The molecule has 7 nitrogen and oxygen atoms in total. The van der Waals surface area contributed by atoms with Crippen LogP contribution in [0.3, 0.4) is 0 Å². The van der Waals surface area contributed by atoms with Crippen LogP contribution in [0.4, 0.5) is 15.9 Å². The lowest BCUT2D eigenvalue weighted by Gasteiger charge is -2.36. The number of fused-ring (bicyclic) bond motifs is 1. The highest BCUT2D eigenvalue weighted by molar-refractivity contribution is 5.82. The van der Waals surface area contributed by atoms with Gasteiger partial charge in [-0.3, -0.25) is 0 Å². The van der Waals surface area contributed by atoms with Crippen molar-refractivity contribution in [1.29, 1.82) is 5.26 Å². The van der Waals surface area contributed by atoms with Gasteiger partial charge in [-0.1, -0.05) is 0 Å². The molecule has 0 aliphatic carbocycles. The summed E-state index contributed by atoms with van der Waals surface area (Å²) in [5, 5.41) is 8.84. The van der Waals surface area contributed by atoms with Crippen LogP contribution in [0.5, 0.6) is 0 Å². The van der Waals surface area contributed by atoms with Crippen LogP contribution in [0.2, 0.25) is 0 Å². The molecule has 0 spiro atoms. The van der Waals surface area contributed by atoms with E-state index < -0.39 is 0 Å². The smallest absolute Gasteiger partial charge is 0.182 e. The molecule has 1 aromatic carbocycles. The third-order valence-electron chi connectivity index (χ3n) is 4.20. The van der Waals surface area contributed by atoms with E-state index in [0.717, 1.165) is 11.3 Å². The lowest BCUT2D eigenvalue weighted by atomic mass is 10.2. The Labute approximate surface area is 137 Å². The minimum absolute atomic E-state index is 0.331. The number of rotatable bonds is 2. The van der Waals surface area contributed by atoms with Crippen molar-refractivity contribution in [2.75, 3.05) is 36.0 Å². The number of hydrogen-bond donors (Lipinski definition) is 1. The van der Waals surface area contributed by atoms with Crippen molar-refractivity contribution < 1.29 is 4.39 Å². The quantitative estimate of drug-likeness (QED) is 0.772. The number of imidazole rings is 1. The molecule has 0 radical (unpaired) electrons. The van der Waals surface area contributed by atoms with Crippen molar-refractivity contribution in [3.63, 3.8) is 0 Å². The highest BCUT2D eigenvalue weighted by Gasteiger charge is 2.22. The second-order valence-corrected chi connectivity index (χ2v) is 5.55. The van der Waals surface area contributed by atoms with Crippen LogP contribution >= 0.6 is 0 Å². The predicted molar refractivity (Wildman–Crippen MR) is 87.2 cm³/mol. The molecule has 2 aromatic heterocycles. The van der Waals surface area contributed by atoms with E-state index in [2.05, 4.69) is 24.8 Å². The number of H-pyrrole nitrogens is 1. The van der Waals surface area contributed by atoms with E-state index in [1.165, 1.54) is 12.4 Å². The Balaban J connectivity index is 1.53. The van der Waals surface area contributed by atoms with Crippen LogP contribution in [-0.4, -0.2) is 46.1 Å². The average molecular weight is 323 g/mol. The second-order valence-electron chi connectivity index (χ2n) is 5.55. The summed E-state index contributed by atoms with van der Waals surface area (Å²) in [6, 6.07) is 6.54. The summed E-state index contributed by atoms with van der Waals surface area (Å²) >= 11 is 0. The van der Waals surface area contributed by atoms with Gasteiger partial charge in [-0.15, -0.1) is 0 Å². The van der Waals surface area contributed by atoms with Crippen LogP contribution in [-0.2, 0) is 0 Å². The minimum atomic E-state index is -0.361. The van der Waals surface area contributed by atoms with Crippen molar-refractivity contribution in [2.45, 2.75) is 0 Å². The molecule has 24 heavy (non-hydrogen) atoms. The van der Waals surface area contributed by atoms with E-state index in [1.807, 2.05) is 11.0 Å². The fraction of sp³-hybridized carbons (Fsp3) is 0.250. The fourth-order valence-electron chi connectivity index (χ4n) is 2.98. The highest BCUT2D eigenvalue weighted by atomic mass is 19.1. The number of aromatic amines is 1. The number of nitrogens with one attached hydrogen (secondary N) is 1. The molecule has 1 aliphatic rings. The van der Waals surface area contributed by atoms with Gasteiger partial charge in [-0.2, -0.15) is 5.26 Å². The molecule has 3 heterocycles. The first-order chi connectivity index (χ1) is 11.8. The third-order valence-corrected chi connectivity index (χ3v) is 4.20. The van der Waals surface area contributed by atoms with E-state index in [9.17, 15) is 4.39 Å². The zero-order valence-corrected chi connectivity index (χ0v) is 12.8. The van der Waals surface area contributed by atoms with Crippen molar-refractivity contribution in [3.8, 4) is 6.07 Å². The molecule has 3 aromatic rings. The van der Waals surface area contributed by atoms with E-state index in [1.54, 1.807) is 18.5 Å². The first-order valence-corrected chi connectivity index (χ1v) is 7.60. The Morgan fingerprint density at radius 2 is 1.88 bits per heavy atom. The van der Waals surface area contributed by atoms with Gasteiger partial charge < -0.3 is 14.8 Å². The lowest BCUT2D eigenvalue weighted by molar-refractivity contribution is 0.596. The van der Waals surface area contributed by atoms with E-state index in [-0.39, 0.29) is 5.82 Å². The van der Waals surface area contributed by atoms with Gasteiger partial charge in [0.1, 0.15) is 17.7 Å². The predicted octanol–water partition coefficient (Wildman–Crippen LogP) is 1.69. The van der Waals surface area contributed by atoms with Crippen LogP contribution in [0, 0.1) is 17.1 Å². The molecule has 8 heteroatoms. The highest BCUT2D eigenvalue weighted by Crippen LogP contribution is 2.25. The molecule has 1 fully saturated rings. The van der Waals surface area contributed by atoms with E-state index >= 15 is 0 Å². The number of piperazine rings is 1. The number of nitrogens with zero attached hydrogens (tertiary/aromatic N) is 6. The fourth-order valence-corrected chi connectivity index (χ4v) is 2.98. The van der Waals surface area contributed by atoms with Gasteiger partial charge in [-0.25, -0.2) is 19.3 Å². The SMILES string of the molecule is N#Cc1ccc(N2CCN(c3ncnc4nc[nH]c34)CC2)c(F)c1. The molecule has 4 rings (SSSR count). The first-order valence-electron chi connectivity index (χ1n) is 7.60. The lowest BCUT2D eigenvalue weighted by Crippen LogP contribution is -2.47. The molecule has 1 saturated heterocycles. The molecular weight excluding hydrogens is 309 g/mol. The maximum absolute atomic E-state index is 14.2. The summed E-state index contributed by atoms with van der Waals surface area (Å²) in [5.41, 5.74) is 2.32.